The van der Waals surface area contributed by atoms with Crippen molar-refractivity contribution in [3.8, 4) is 28.4 Å². The van der Waals surface area contributed by atoms with Gasteiger partial charge in [0.25, 0.3) is 0 Å². The third-order valence-corrected chi connectivity index (χ3v) is 2.73. The fourth-order valence-electron chi connectivity index (χ4n) is 1.85. The summed E-state index contributed by atoms with van der Waals surface area (Å²) in [6.45, 7) is 0.145. The van der Waals surface area contributed by atoms with Crippen molar-refractivity contribution in [2.24, 2.45) is 7.05 Å². The van der Waals surface area contributed by atoms with E-state index in [0.717, 1.165) is 0 Å². The second-order valence-electron chi connectivity index (χ2n) is 3.79. The molecule has 0 amide bonds. The summed E-state index contributed by atoms with van der Waals surface area (Å²) < 4.78 is 12.2. The molecular weight excluding hydrogens is 222 g/mol. The monoisotopic (exact) mass is 233 g/mol. The molecule has 0 spiro atoms. The van der Waals surface area contributed by atoms with Crippen LogP contribution in [0.25, 0.3) is 11.1 Å². The number of nitrogen functional groups attached to an aromatic ring is 1. The molecule has 1 aliphatic heterocycles. The number of benzene rings is 1. The molecule has 1 aromatic carbocycles. The molecule has 3 N–H and O–H groups in total. The molecule has 0 bridgehead atoms. The average molecular weight is 233 g/mol. The van der Waals surface area contributed by atoms with Crippen LogP contribution in [0.1, 0.15) is 0 Å². The van der Waals surface area contributed by atoms with Crippen molar-refractivity contribution in [2.45, 2.75) is 0 Å². The summed E-state index contributed by atoms with van der Waals surface area (Å²) in [5.74, 6) is 1.71. The second kappa shape index (κ2) is 3.31. The predicted molar refractivity (Wildman–Crippen MR) is 60.8 cm³/mol. The Kier molecular flexibility index (Phi) is 1.91. The first-order valence-electron chi connectivity index (χ1n) is 5.07. The summed E-state index contributed by atoms with van der Waals surface area (Å²) in [6.07, 6.45) is 1.63. The number of fused-ring (bicyclic) bond motifs is 1. The fourth-order valence-corrected chi connectivity index (χ4v) is 1.85. The lowest BCUT2D eigenvalue weighted by molar-refractivity contribution is 0.174. The highest BCUT2D eigenvalue weighted by Crippen LogP contribution is 2.45. The normalized spacial score (nSPS) is 13.0. The molecule has 6 nitrogen and oxygen atoms in total. The highest BCUT2D eigenvalue weighted by molar-refractivity contribution is 5.82. The van der Waals surface area contributed by atoms with Gasteiger partial charge in [0.15, 0.2) is 11.5 Å². The van der Waals surface area contributed by atoms with Gasteiger partial charge in [0, 0.05) is 24.2 Å². The summed E-state index contributed by atoms with van der Waals surface area (Å²) in [6, 6.07) is 3.10. The second-order valence-corrected chi connectivity index (χ2v) is 3.79. The van der Waals surface area contributed by atoms with Crippen molar-refractivity contribution in [1.29, 1.82) is 0 Å². The van der Waals surface area contributed by atoms with E-state index in [1.165, 1.54) is 6.07 Å². The maximum absolute atomic E-state index is 9.63. The number of phenols is 1. The third kappa shape index (κ3) is 1.37. The molecule has 1 aromatic heterocycles. The molecular formula is C11H11N3O3. The molecule has 0 atom stereocenters. The summed E-state index contributed by atoms with van der Waals surface area (Å²) >= 11 is 0. The third-order valence-electron chi connectivity index (χ3n) is 2.73. The molecule has 6 heteroatoms. The Bertz CT molecular complexity index is 592. The number of anilines is 1. The Morgan fingerprint density at radius 2 is 2.18 bits per heavy atom. The van der Waals surface area contributed by atoms with E-state index in [2.05, 4.69) is 5.10 Å². The van der Waals surface area contributed by atoms with Gasteiger partial charge >= 0.3 is 0 Å². The van der Waals surface area contributed by atoms with Crippen molar-refractivity contribution in [3.63, 3.8) is 0 Å². The summed E-state index contributed by atoms with van der Waals surface area (Å²) in [5, 5.41) is 13.7. The van der Waals surface area contributed by atoms with Gasteiger partial charge in [0.2, 0.25) is 6.79 Å². The van der Waals surface area contributed by atoms with Crippen molar-refractivity contribution in [1.82, 2.24) is 9.78 Å². The molecule has 0 unspecified atom stereocenters. The minimum Gasteiger partial charge on any atom is -0.508 e. The SMILES string of the molecule is Cn1ncc(-c2cc(O)cc3c2OCO3)c1N. The summed E-state index contributed by atoms with van der Waals surface area (Å²) in [7, 11) is 1.75. The van der Waals surface area contributed by atoms with Crippen molar-refractivity contribution < 1.29 is 14.6 Å². The van der Waals surface area contributed by atoms with Crippen molar-refractivity contribution >= 4 is 5.82 Å². The quantitative estimate of drug-likeness (QED) is 0.770. The fraction of sp³-hybridized carbons (Fsp3) is 0.182. The number of rotatable bonds is 1. The number of aromatic nitrogens is 2. The Balaban J connectivity index is 2.24. The van der Waals surface area contributed by atoms with Crippen LogP contribution < -0.4 is 15.2 Å². The largest absolute Gasteiger partial charge is 0.508 e. The van der Waals surface area contributed by atoms with Crippen LogP contribution >= 0.6 is 0 Å². The minimum absolute atomic E-state index is 0.104. The Hall–Kier alpha value is -2.37. The van der Waals surface area contributed by atoms with Crippen LogP contribution in [0.5, 0.6) is 17.2 Å². The van der Waals surface area contributed by atoms with Crippen LogP contribution in [0.15, 0.2) is 18.3 Å². The van der Waals surface area contributed by atoms with Gasteiger partial charge in [-0.2, -0.15) is 5.10 Å². The van der Waals surface area contributed by atoms with E-state index in [4.69, 9.17) is 15.2 Å². The lowest BCUT2D eigenvalue weighted by atomic mass is 10.1. The Labute approximate surface area is 97.2 Å². The number of phenolic OH excluding ortho intramolecular Hbond substituents is 1. The molecule has 17 heavy (non-hydrogen) atoms. The highest BCUT2D eigenvalue weighted by Gasteiger charge is 2.22. The van der Waals surface area contributed by atoms with E-state index in [1.807, 2.05) is 0 Å². The number of hydrogen-bond donors (Lipinski definition) is 2. The Morgan fingerprint density at radius 1 is 1.35 bits per heavy atom. The number of nitrogens with two attached hydrogens (primary N) is 1. The van der Waals surface area contributed by atoms with Gasteiger partial charge < -0.3 is 20.3 Å². The molecule has 1 aliphatic rings. The molecule has 0 saturated carbocycles. The van der Waals surface area contributed by atoms with E-state index in [0.29, 0.717) is 28.4 Å². The number of nitrogens with zero attached hydrogens (tertiary/aromatic N) is 2. The molecule has 88 valence electrons. The zero-order valence-electron chi connectivity index (χ0n) is 9.17. The number of aromatic hydroxyl groups is 1. The van der Waals surface area contributed by atoms with Gasteiger partial charge in [-0.1, -0.05) is 0 Å². The standard InChI is InChI=1S/C11H11N3O3/c1-14-11(12)8(4-13-14)7-2-6(15)3-9-10(7)17-5-16-9/h2-4,15H,5,12H2,1H3. The zero-order valence-corrected chi connectivity index (χ0v) is 9.17. The van der Waals surface area contributed by atoms with Crippen LogP contribution in [-0.2, 0) is 7.05 Å². The van der Waals surface area contributed by atoms with Gasteiger partial charge in [-0.25, -0.2) is 0 Å². The van der Waals surface area contributed by atoms with E-state index in [9.17, 15) is 5.11 Å². The molecule has 0 saturated heterocycles. The van der Waals surface area contributed by atoms with Crippen LogP contribution in [0.4, 0.5) is 5.82 Å². The molecule has 2 aromatic rings. The number of aryl methyl sites for hydroxylation is 1. The number of ether oxygens (including phenoxy) is 2. The van der Waals surface area contributed by atoms with Crippen molar-refractivity contribution in [2.75, 3.05) is 12.5 Å². The molecule has 2 heterocycles. The van der Waals surface area contributed by atoms with E-state index in [1.54, 1.807) is 24.0 Å². The van der Waals surface area contributed by atoms with Crippen molar-refractivity contribution in [3.05, 3.63) is 18.3 Å². The van der Waals surface area contributed by atoms with Gasteiger partial charge in [0.1, 0.15) is 11.6 Å². The maximum atomic E-state index is 9.63. The maximum Gasteiger partial charge on any atom is 0.231 e. The summed E-state index contributed by atoms with van der Waals surface area (Å²) in [5.41, 5.74) is 7.30. The number of hydrogen-bond acceptors (Lipinski definition) is 5. The van der Waals surface area contributed by atoms with Gasteiger partial charge in [-0.05, 0) is 6.07 Å². The summed E-state index contributed by atoms with van der Waals surface area (Å²) in [4.78, 5) is 0. The lowest BCUT2D eigenvalue weighted by Gasteiger charge is -2.06. The van der Waals surface area contributed by atoms with Crippen LogP contribution in [-0.4, -0.2) is 21.7 Å². The van der Waals surface area contributed by atoms with Crippen LogP contribution in [0.2, 0.25) is 0 Å². The Morgan fingerprint density at radius 3 is 2.88 bits per heavy atom. The zero-order chi connectivity index (χ0) is 12.0. The highest BCUT2D eigenvalue weighted by atomic mass is 16.7. The van der Waals surface area contributed by atoms with Crippen LogP contribution in [0.3, 0.4) is 0 Å². The van der Waals surface area contributed by atoms with E-state index in [-0.39, 0.29) is 12.5 Å². The van der Waals surface area contributed by atoms with Gasteiger partial charge in [-0.15, -0.1) is 0 Å². The minimum atomic E-state index is 0.104. The molecule has 0 fully saturated rings. The van der Waals surface area contributed by atoms with E-state index >= 15 is 0 Å². The predicted octanol–water partition coefficient (Wildman–Crippen LogP) is 1.10. The smallest absolute Gasteiger partial charge is 0.231 e. The first-order valence-corrected chi connectivity index (χ1v) is 5.07. The molecule has 0 radical (unpaired) electrons. The van der Waals surface area contributed by atoms with E-state index < -0.39 is 0 Å². The first kappa shape index (κ1) is 9.83. The van der Waals surface area contributed by atoms with Crippen LogP contribution in [0, 0.1) is 0 Å². The topological polar surface area (TPSA) is 82.5 Å². The molecule has 3 rings (SSSR count). The first-order chi connectivity index (χ1) is 8.16. The lowest BCUT2D eigenvalue weighted by Crippen LogP contribution is -1.98. The van der Waals surface area contributed by atoms with Gasteiger partial charge in [0.05, 0.1) is 6.20 Å². The van der Waals surface area contributed by atoms with Gasteiger partial charge in [-0.3, -0.25) is 4.68 Å². The molecule has 0 aliphatic carbocycles. The average Bonchev–Trinajstić information content (AvgIpc) is 2.87.